The van der Waals surface area contributed by atoms with E-state index in [-0.39, 0.29) is 0 Å². The van der Waals surface area contributed by atoms with Crippen molar-refractivity contribution in [2.75, 3.05) is 38.7 Å². The molecule has 2 aromatic carbocycles. The molecule has 122 valence electrons. The highest BCUT2D eigenvalue weighted by atomic mass is 15.3. The minimum atomic E-state index is 0.809. The number of benzene rings is 2. The summed E-state index contributed by atoms with van der Waals surface area (Å²) in [5, 5.41) is 0. The van der Waals surface area contributed by atoms with E-state index in [1.807, 2.05) is 30.3 Å². The molecule has 0 saturated carbocycles. The lowest BCUT2D eigenvalue weighted by Crippen LogP contribution is -2.43. The predicted octanol–water partition coefficient (Wildman–Crippen LogP) is 2.55. The van der Waals surface area contributed by atoms with Gasteiger partial charge < -0.3 is 10.3 Å². The van der Waals surface area contributed by atoms with E-state index in [4.69, 9.17) is 0 Å². The normalized spacial score (nSPS) is 16.4. The molecule has 4 nitrogen and oxygen atoms in total. The molecular formula is C19H26N4. The molecule has 3 rings (SSSR count). The first kappa shape index (κ1) is 16.0. The summed E-state index contributed by atoms with van der Waals surface area (Å²) < 4.78 is 0. The molecule has 0 bridgehead atoms. The zero-order chi connectivity index (χ0) is 15.9. The fourth-order valence-electron chi connectivity index (χ4n) is 2.80. The largest absolute Gasteiger partial charge is 0.321 e. The van der Waals surface area contributed by atoms with Gasteiger partial charge in [0.2, 0.25) is 0 Å². The van der Waals surface area contributed by atoms with E-state index >= 15 is 0 Å². The highest BCUT2D eigenvalue weighted by molar-refractivity contribution is 5.41. The molecule has 0 radical (unpaired) electrons. The Labute approximate surface area is 139 Å². The summed E-state index contributed by atoms with van der Waals surface area (Å²) in [7, 11) is 2.20. The molecule has 1 heterocycles. The first-order valence-corrected chi connectivity index (χ1v) is 8.32. The van der Waals surface area contributed by atoms with Crippen LogP contribution in [0.3, 0.4) is 0 Å². The van der Waals surface area contributed by atoms with Gasteiger partial charge in [0.25, 0.3) is 0 Å². The van der Waals surface area contributed by atoms with Crippen molar-refractivity contribution in [2.24, 2.45) is 0 Å². The Hall–Kier alpha value is -1.88. The maximum atomic E-state index is 3.26. The number of nitrogens with zero attached hydrogens (tertiary/aromatic N) is 2. The lowest BCUT2D eigenvalue weighted by Gasteiger charge is -2.32. The first-order valence-electron chi connectivity index (χ1n) is 8.32. The zero-order valence-corrected chi connectivity index (χ0v) is 13.8. The van der Waals surface area contributed by atoms with Crippen LogP contribution in [0.5, 0.6) is 0 Å². The Kier molecular flexibility index (Phi) is 5.64. The van der Waals surface area contributed by atoms with Crippen molar-refractivity contribution in [3.8, 4) is 0 Å². The number of piperazine rings is 1. The van der Waals surface area contributed by atoms with Crippen LogP contribution in [0.25, 0.3) is 0 Å². The number of nitrogens with one attached hydrogen (secondary N) is 2. The fourth-order valence-corrected chi connectivity index (χ4v) is 2.80. The summed E-state index contributed by atoms with van der Waals surface area (Å²) in [6.07, 6.45) is 0. The SMILES string of the molecule is CN1CCN(Cc2ccc(CNNc3ccccc3)cc2)CC1. The Balaban J connectivity index is 1.43. The molecule has 0 amide bonds. The number of likely N-dealkylation sites (N-methyl/N-ethyl adjacent to an activating group) is 1. The van der Waals surface area contributed by atoms with E-state index in [1.54, 1.807) is 0 Å². The van der Waals surface area contributed by atoms with Crippen molar-refractivity contribution in [3.05, 3.63) is 65.7 Å². The second-order valence-electron chi connectivity index (χ2n) is 6.24. The minimum Gasteiger partial charge on any atom is -0.321 e. The van der Waals surface area contributed by atoms with Crippen molar-refractivity contribution < 1.29 is 0 Å². The Bertz CT molecular complexity index is 574. The van der Waals surface area contributed by atoms with Gasteiger partial charge in [-0.25, -0.2) is 5.43 Å². The van der Waals surface area contributed by atoms with E-state index in [0.29, 0.717) is 0 Å². The lowest BCUT2D eigenvalue weighted by atomic mass is 10.1. The quantitative estimate of drug-likeness (QED) is 0.803. The molecule has 23 heavy (non-hydrogen) atoms. The molecule has 1 fully saturated rings. The number of hydrazine groups is 1. The molecule has 1 aliphatic rings. The van der Waals surface area contributed by atoms with Crippen LogP contribution in [-0.2, 0) is 13.1 Å². The summed E-state index contributed by atoms with van der Waals surface area (Å²) >= 11 is 0. The van der Waals surface area contributed by atoms with E-state index in [1.165, 1.54) is 37.3 Å². The van der Waals surface area contributed by atoms with Gasteiger partial charge in [-0.05, 0) is 30.3 Å². The van der Waals surface area contributed by atoms with Gasteiger partial charge >= 0.3 is 0 Å². The topological polar surface area (TPSA) is 30.5 Å². The smallest absolute Gasteiger partial charge is 0.0487 e. The molecule has 0 spiro atoms. The lowest BCUT2D eigenvalue weighted by molar-refractivity contribution is 0.148. The third-order valence-corrected chi connectivity index (χ3v) is 4.32. The molecule has 0 unspecified atom stereocenters. The average Bonchev–Trinajstić information content (AvgIpc) is 2.59. The molecular weight excluding hydrogens is 284 g/mol. The number of rotatable bonds is 6. The number of hydrogen-bond donors (Lipinski definition) is 2. The fraction of sp³-hybridized carbons (Fsp3) is 0.368. The summed E-state index contributed by atoms with van der Waals surface area (Å²) in [5.41, 5.74) is 10.2. The Morgan fingerprint density at radius 3 is 2.17 bits per heavy atom. The van der Waals surface area contributed by atoms with Crippen molar-refractivity contribution in [1.29, 1.82) is 0 Å². The summed E-state index contributed by atoms with van der Waals surface area (Å²) in [6.45, 7) is 6.55. The number of hydrogen-bond acceptors (Lipinski definition) is 4. The van der Waals surface area contributed by atoms with Crippen LogP contribution in [0.1, 0.15) is 11.1 Å². The van der Waals surface area contributed by atoms with Crippen molar-refractivity contribution >= 4 is 5.69 Å². The number of para-hydroxylation sites is 1. The van der Waals surface area contributed by atoms with Crippen molar-refractivity contribution in [1.82, 2.24) is 15.2 Å². The van der Waals surface area contributed by atoms with Gasteiger partial charge in [-0.2, -0.15) is 0 Å². The number of anilines is 1. The van der Waals surface area contributed by atoms with Crippen LogP contribution in [0.15, 0.2) is 54.6 Å². The van der Waals surface area contributed by atoms with Crippen LogP contribution in [0.2, 0.25) is 0 Å². The molecule has 0 aliphatic carbocycles. The van der Waals surface area contributed by atoms with Gasteiger partial charge in [-0.1, -0.05) is 42.5 Å². The van der Waals surface area contributed by atoms with Gasteiger partial charge in [0, 0.05) is 45.0 Å². The first-order chi connectivity index (χ1) is 11.3. The van der Waals surface area contributed by atoms with Crippen LogP contribution in [0, 0.1) is 0 Å². The predicted molar refractivity (Wildman–Crippen MR) is 96.1 cm³/mol. The Morgan fingerprint density at radius 1 is 0.826 bits per heavy atom. The average molecular weight is 310 g/mol. The molecule has 2 N–H and O–H groups in total. The van der Waals surface area contributed by atoms with Crippen molar-refractivity contribution in [2.45, 2.75) is 13.1 Å². The molecule has 0 aromatic heterocycles. The van der Waals surface area contributed by atoms with E-state index in [0.717, 1.165) is 18.8 Å². The van der Waals surface area contributed by atoms with Gasteiger partial charge in [0.15, 0.2) is 0 Å². The zero-order valence-electron chi connectivity index (χ0n) is 13.8. The van der Waals surface area contributed by atoms with Crippen LogP contribution in [-0.4, -0.2) is 43.0 Å². The molecule has 2 aromatic rings. The highest BCUT2D eigenvalue weighted by Gasteiger charge is 2.13. The van der Waals surface area contributed by atoms with Gasteiger partial charge in [0.1, 0.15) is 0 Å². The third-order valence-electron chi connectivity index (χ3n) is 4.32. The minimum absolute atomic E-state index is 0.809. The Morgan fingerprint density at radius 2 is 1.48 bits per heavy atom. The standard InChI is InChI=1S/C19H26N4/c1-22-11-13-23(14-12-22)16-18-9-7-17(8-10-18)15-20-21-19-5-3-2-4-6-19/h2-10,20-21H,11-16H2,1H3. The van der Waals surface area contributed by atoms with Crippen LogP contribution in [0.4, 0.5) is 5.69 Å². The summed E-state index contributed by atoms with van der Waals surface area (Å²) in [5.74, 6) is 0. The van der Waals surface area contributed by atoms with Crippen molar-refractivity contribution in [3.63, 3.8) is 0 Å². The molecule has 1 aliphatic heterocycles. The van der Waals surface area contributed by atoms with E-state index < -0.39 is 0 Å². The van der Waals surface area contributed by atoms with E-state index in [9.17, 15) is 0 Å². The second-order valence-corrected chi connectivity index (χ2v) is 6.24. The third kappa shape index (κ3) is 5.06. The van der Waals surface area contributed by atoms with Gasteiger partial charge in [0.05, 0.1) is 0 Å². The highest BCUT2D eigenvalue weighted by Crippen LogP contribution is 2.10. The molecule has 4 heteroatoms. The summed E-state index contributed by atoms with van der Waals surface area (Å²) in [6, 6.07) is 19.1. The van der Waals surface area contributed by atoms with E-state index in [2.05, 4.69) is 52.0 Å². The maximum Gasteiger partial charge on any atom is 0.0487 e. The molecule has 1 saturated heterocycles. The second kappa shape index (κ2) is 8.11. The van der Waals surface area contributed by atoms with Crippen LogP contribution >= 0.6 is 0 Å². The van der Waals surface area contributed by atoms with Gasteiger partial charge in [-0.15, -0.1) is 0 Å². The molecule has 0 atom stereocenters. The van der Waals surface area contributed by atoms with Crippen LogP contribution < -0.4 is 10.9 Å². The maximum absolute atomic E-state index is 3.26. The monoisotopic (exact) mass is 310 g/mol. The summed E-state index contributed by atoms with van der Waals surface area (Å²) in [4.78, 5) is 4.93. The van der Waals surface area contributed by atoms with Gasteiger partial charge in [-0.3, -0.25) is 4.90 Å².